The van der Waals surface area contributed by atoms with Gasteiger partial charge in [-0.05, 0) is 30.7 Å². The summed E-state index contributed by atoms with van der Waals surface area (Å²) in [5.74, 6) is 0. The molecule has 6 rings (SSSR count). The van der Waals surface area contributed by atoms with Gasteiger partial charge in [-0.1, -0.05) is 48.6 Å². The lowest BCUT2D eigenvalue weighted by Crippen LogP contribution is -2.07. The minimum Gasteiger partial charge on any atom is -0.318 e. The Morgan fingerprint density at radius 1 is 0.923 bits per heavy atom. The molecular weight excluding hydrogens is 336 g/mol. The van der Waals surface area contributed by atoms with Crippen LogP contribution in [0.3, 0.4) is 0 Å². The van der Waals surface area contributed by atoms with Crippen molar-refractivity contribution in [2.45, 2.75) is 12.5 Å². The summed E-state index contributed by atoms with van der Waals surface area (Å²) in [6.45, 7) is 0. The average Bonchev–Trinajstić information content (AvgIpc) is 3.24. The molecule has 1 aliphatic rings. The molecule has 1 aliphatic carbocycles. The molecule has 2 aromatic carbocycles. The second-order valence-corrected chi connectivity index (χ2v) is 7.85. The van der Waals surface area contributed by atoms with Crippen LogP contribution >= 0.6 is 11.3 Å². The summed E-state index contributed by atoms with van der Waals surface area (Å²) in [4.78, 5) is 4.76. The molecule has 3 heteroatoms. The third-order valence-corrected chi connectivity index (χ3v) is 6.56. The zero-order valence-corrected chi connectivity index (χ0v) is 14.9. The van der Waals surface area contributed by atoms with Crippen molar-refractivity contribution in [3.05, 3.63) is 79.0 Å². The number of pyridine rings is 1. The Balaban J connectivity index is 1.82. The van der Waals surface area contributed by atoms with Crippen LogP contribution in [0.25, 0.3) is 42.1 Å². The summed E-state index contributed by atoms with van der Waals surface area (Å²) in [7, 11) is 0. The lowest BCUT2D eigenvalue weighted by Gasteiger charge is -2.17. The van der Waals surface area contributed by atoms with Gasteiger partial charge in [-0.25, -0.2) is 4.98 Å². The summed E-state index contributed by atoms with van der Waals surface area (Å²) < 4.78 is 5.13. The topological polar surface area (TPSA) is 17.8 Å². The molecule has 0 saturated heterocycles. The van der Waals surface area contributed by atoms with Crippen LogP contribution in [0.15, 0.2) is 79.0 Å². The first kappa shape index (κ1) is 14.3. The average molecular weight is 352 g/mol. The molecule has 0 spiro atoms. The number of nitrogens with zero attached hydrogens (tertiary/aromatic N) is 2. The number of allylic oxidation sites excluding steroid dienone is 4. The quantitative estimate of drug-likeness (QED) is 0.332. The van der Waals surface area contributed by atoms with Gasteiger partial charge in [-0.2, -0.15) is 0 Å². The van der Waals surface area contributed by atoms with Crippen LogP contribution < -0.4 is 0 Å². The normalized spacial score (nSPS) is 17.2. The highest BCUT2D eigenvalue weighted by Crippen LogP contribution is 2.43. The zero-order chi connectivity index (χ0) is 17.1. The fourth-order valence-electron chi connectivity index (χ4n) is 4.23. The summed E-state index contributed by atoms with van der Waals surface area (Å²) >= 11 is 1.89. The Labute approximate surface area is 154 Å². The van der Waals surface area contributed by atoms with Gasteiger partial charge in [0, 0.05) is 37.1 Å². The maximum atomic E-state index is 4.76. The number of rotatable bonds is 1. The monoisotopic (exact) mass is 352 g/mol. The van der Waals surface area contributed by atoms with E-state index in [1.807, 2.05) is 17.5 Å². The van der Waals surface area contributed by atoms with Crippen molar-refractivity contribution in [2.24, 2.45) is 0 Å². The lowest BCUT2D eigenvalue weighted by atomic mass is 10.1. The van der Waals surface area contributed by atoms with E-state index in [0.29, 0.717) is 6.04 Å². The van der Waals surface area contributed by atoms with Gasteiger partial charge < -0.3 is 4.57 Å². The molecule has 124 valence electrons. The Kier molecular flexibility index (Phi) is 2.91. The minimum atomic E-state index is 0.321. The van der Waals surface area contributed by atoms with Crippen LogP contribution in [-0.2, 0) is 0 Å². The van der Waals surface area contributed by atoms with Crippen molar-refractivity contribution in [1.29, 1.82) is 0 Å². The first-order chi connectivity index (χ1) is 12.9. The van der Waals surface area contributed by atoms with Crippen molar-refractivity contribution in [1.82, 2.24) is 9.55 Å². The highest BCUT2D eigenvalue weighted by Gasteiger charge is 2.20. The fourth-order valence-corrected chi connectivity index (χ4v) is 5.49. The first-order valence-corrected chi connectivity index (χ1v) is 9.76. The van der Waals surface area contributed by atoms with E-state index in [9.17, 15) is 0 Å². The number of hydrogen-bond acceptors (Lipinski definition) is 2. The van der Waals surface area contributed by atoms with Gasteiger partial charge in [0.1, 0.15) is 5.65 Å². The largest absolute Gasteiger partial charge is 0.318 e. The Morgan fingerprint density at radius 2 is 1.85 bits per heavy atom. The van der Waals surface area contributed by atoms with Crippen molar-refractivity contribution < 1.29 is 0 Å². The standard InChI is InChI=1S/C23H16N2S/c1-2-7-15(8-3-1)25-19-13-12-17-16-9-4-5-11-20(16)26-22(17)21(19)18-10-6-14-24-23(18)25/h1-7,9-15H,8H2. The van der Waals surface area contributed by atoms with E-state index in [1.165, 1.54) is 36.5 Å². The second kappa shape index (κ2) is 5.29. The number of benzene rings is 2. The number of thiophene rings is 1. The molecule has 1 unspecified atom stereocenters. The van der Waals surface area contributed by atoms with E-state index in [2.05, 4.69) is 77.4 Å². The van der Waals surface area contributed by atoms with Gasteiger partial charge in [0.05, 0.1) is 11.6 Å². The summed E-state index contributed by atoms with van der Waals surface area (Å²) in [5.41, 5.74) is 2.36. The van der Waals surface area contributed by atoms with Gasteiger partial charge in [-0.15, -0.1) is 11.3 Å². The summed E-state index contributed by atoms with van der Waals surface area (Å²) in [6, 6.07) is 17.9. The molecule has 3 aromatic heterocycles. The Hall–Kier alpha value is -2.91. The molecule has 2 nitrogen and oxygen atoms in total. The van der Waals surface area contributed by atoms with E-state index in [4.69, 9.17) is 4.98 Å². The van der Waals surface area contributed by atoms with Crippen LogP contribution in [0.1, 0.15) is 12.5 Å². The molecule has 26 heavy (non-hydrogen) atoms. The molecule has 0 bridgehead atoms. The second-order valence-electron chi connectivity index (χ2n) is 6.80. The molecule has 0 fully saturated rings. The van der Waals surface area contributed by atoms with E-state index < -0.39 is 0 Å². The summed E-state index contributed by atoms with van der Waals surface area (Å²) in [5, 5.41) is 5.29. The van der Waals surface area contributed by atoms with Crippen LogP contribution in [0.4, 0.5) is 0 Å². The number of fused-ring (bicyclic) bond motifs is 7. The fraction of sp³-hybridized carbons (Fsp3) is 0.0870. The van der Waals surface area contributed by atoms with Gasteiger partial charge in [-0.3, -0.25) is 0 Å². The molecule has 1 atom stereocenters. The van der Waals surface area contributed by atoms with E-state index in [1.54, 1.807) is 0 Å². The highest BCUT2D eigenvalue weighted by molar-refractivity contribution is 7.26. The number of hydrogen-bond donors (Lipinski definition) is 0. The molecule has 0 saturated carbocycles. The van der Waals surface area contributed by atoms with Crippen LogP contribution in [-0.4, -0.2) is 9.55 Å². The van der Waals surface area contributed by atoms with Gasteiger partial charge >= 0.3 is 0 Å². The highest BCUT2D eigenvalue weighted by atomic mass is 32.1. The molecule has 0 N–H and O–H groups in total. The smallest absolute Gasteiger partial charge is 0.141 e. The van der Waals surface area contributed by atoms with Crippen molar-refractivity contribution in [2.75, 3.05) is 0 Å². The van der Waals surface area contributed by atoms with Gasteiger partial charge in [0.25, 0.3) is 0 Å². The van der Waals surface area contributed by atoms with E-state index >= 15 is 0 Å². The van der Waals surface area contributed by atoms with Crippen molar-refractivity contribution >= 4 is 53.4 Å². The Morgan fingerprint density at radius 3 is 2.77 bits per heavy atom. The zero-order valence-electron chi connectivity index (χ0n) is 14.1. The van der Waals surface area contributed by atoms with Gasteiger partial charge in [0.15, 0.2) is 0 Å². The van der Waals surface area contributed by atoms with Crippen molar-refractivity contribution in [3.63, 3.8) is 0 Å². The maximum Gasteiger partial charge on any atom is 0.141 e. The van der Waals surface area contributed by atoms with Crippen LogP contribution in [0.2, 0.25) is 0 Å². The van der Waals surface area contributed by atoms with E-state index in [-0.39, 0.29) is 0 Å². The first-order valence-electron chi connectivity index (χ1n) is 8.94. The predicted molar refractivity (Wildman–Crippen MR) is 112 cm³/mol. The molecule has 5 aromatic rings. The summed E-state index contributed by atoms with van der Waals surface area (Å²) in [6.07, 6.45) is 11.7. The van der Waals surface area contributed by atoms with Crippen molar-refractivity contribution in [3.8, 4) is 0 Å². The Bertz CT molecular complexity index is 1370. The number of aromatic nitrogens is 2. The molecule has 0 amide bonds. The van der Waals surface area contributed by atoms with Crippen LogP contribution in [0.5, 0.6) is 0 Å². The maximum absolute atomic E-state index is 4.76. The third kappa shape index (κ3) is 1.84. The van der Waals surface area contributed by atoms with Gasteiger partial charge in [0.2, 0.25) is 0 Å². The molecule has 0 aliphatic heterocycles. The van der Waals surface area contributed by atoms with Crippen LogP contribution in [0, 0.1) is 0 Å². The molecule has 0 radical (unpaired) electrons. The molecule has 3 heterocycles. The van der Waals surface area contributed by atoms with E-state index in [0.717, 1.165) is 12.1 Å². The minimum absolute atomic E-state index is 0.321. The SMILES string of the molecule is C1=CCC(n2c3ccc4c5ccccc5sc4c3c3cccnc32)C=C1. The molecular formula is C23H16N2S. The predicted octanol–water partition coefficient (Wildman–Crippen LogP) is 6.61. The lowest BCUT2D eigenvalue weighted by molar-refractivity contribution is 0.643. The third-order valence-electron chi connectivity index (χ3n) is 5.36.